The molecular weight excluding hydrogens is 240 g/mol. The Hall–Kier alpha value is -1.03. The molecule has 108 valence electrons. The van der Waals surface area contributed by atoms with Gasteiger partial charge in [-0.15, -0.1) is 0 Å². The first-order chi connectivity index (χ1) is 9.29. The molecule has 0 aromatic carbocycles. The molecule has 1 aliphatic carbocycles. The second-order valence-electron chi connectivity index (χ2n) is 5.50. The molecule has 0 aromatic heterocycles. The molecule has 1 heterocycles. The van der Waals surface area contributed by atoms with Crippen LogP contribution in [-0.4, -0.2) is 43.8 Å². The fraction of sp³-hybridized carbons (Fsp3) is 0.800. The van der Waals surface area contributed by atoms with Gasteiger partial charge in [-0.3, -0.25) is 0 Å². The molecule has 1 N–H and O–H groups in total. The molecule has 2 rings (SSSR count). The molecule has 1 aliphatic heterocycles. The summed E-state index contributed by atoms with van der Waals surface area (Å²) in [7, 11) is 0. The van der Waals surface area contributed by atoms with E-state index >= 15 is 0 Å². The highest BCUT2D eigenvalue weighted by atomic mass is 16.5. The highest BCUT2D eigenvalue weighted by Gasteiger charge is 2.25. The number of allylic oxidation sites excluding steroid dienone is 1. The smallest absolute Gasteiger partial charge is 0.317 e. The Kier molecular flexibility index (Phi) is 5.70. The van der Waals surface area contributed by atoms with E-state index in [0.29, 0.717) is 5.92 Å². The summed E-state index contributed by atoms with van der Waals surface area (Å²) < 4.78 is 5.43. The van der Waals surface area contributed by atoms with E-state index in [9.17, 15) is 4.79 Å². The lowest BCUT2D eigenvalue weighted by Gasteiger charge is -2.17. The average molecular weight is 266 g/mol. The summed E-state index contributed by atoms with van der Waals surface area (Å²) >= 11 is 0. The number of likely N-dealkylation sites (tertiary alicyclic amines) is 1. The minimum atomic E-state index is 0.0950. The van der Waals surface area contributed by atoms with Crippen molar-refractivity contribution in [1.29, 1.82) is 0 Å². The van der Waals surface area contributed by atoms with Crippen molar-refractivity contribution in [3.8, 4) is 0 Å². The van der Waals surface area contributed by atoms with Gasteiger partial charge in [-0.2, -0.15) is 0 Å². The van der Waals surface area contributed by atoms with Crippen molar-refractivity contribution in [1.82, 2.24) is 10.2 Å². The lowest BCUT2D eigenvalue weighted by atomic mass is 10.1. The molecule has 4 nitrogen and oxygen atoms in total. The third-order valence-electron chi connectivity index (χ3n) is 3.99. The summed E-state index contributed by atoms with van der Waals surface area (Å²) in [6.45, 7) is 6.04. The number of hydrogen-bond donors (Lipinski definition) is 1. The quantitative estimate of drug-likeness (QED) is 0.751. The number of carbonyl (C=O) groups excluding carboxylic acids is 1. The fourth-order valence-corrected chi connectivity index (χ4v) is 2.84. The van der Waals surface area contributed by atoms with Crippen LogP contribution in [0.5, 0.6) is 0 Å². The third kappa shape index (κ3) is 4.53. The summed E-state index contributed by atoms with van der Waals surface area (Å²) in [5, 5.41) is 3.03. The Morgan fingerprint density at radius 2 is 2.47 bits per heavy atom. The Morgan fingerprint density at radius 1 is 1.58 bits per heavy atom. The Balaban J connectivity index is 1.61. The number of ether oxygens (including phenoxy) is 1. The molecule has 19 heavy (non-hydrogen) atoms. The predicted molar refractivity (Wildman–Crippen MR) is 76.1 cm³/mol. The van der Waals surface area contributed by atoms with Gasteiger partial charge in [-0.25, -0.2) is 4.79 Å². The number of urea groups is 1. The maximum Gasteiger partial charge on any atom is 0.317 e. The first-order valence-electron chi connectivity index (χ1n) is 7.58. The van der Waals surface area contributed by atoms with Crippen molar-refractivity contribution >= 4 is 6.03 Å². The van der Waals surface area contributed by atoms with Gasteiger partial charge in [0.05, 0.1) is 6.61 Å². The minimum absolute atomic E-state index is 0.0950. The standard InChI is InChI=1S/C15H26N2O2/c1-2-19-12-14-8-10-17(11-14)15(18)16-9-7-13-5-3-4-6-13/h5,14H,2-4,6-12H2,1H3,(H,16,18)/t14-/m0/s1. The third-order valence-corrected chi connectivity index (χ3v) is 3.99. The molecule has 0 spiro atoms. The van der Waals surface area contributed by atoms with E-state index in [2.05, 4.69) is 11.4 Å². The number of hydrogen-bond acceptors (Lipinski definition) is 2. The molecule has 2 aliphatic rings. The highest BCUT2D eigenvalue weighted by Crippen LogP contribution is 2.20. The van der Waals surface area contributed by atoms with Crippen LogP contribution in [0.15, 0.2) is 11.6 Å². The highest BCUT2D eigenvalue weighted by molar-refractivity contribution is 5.74. The number of rotatable bonds is 6. The van der Waals surface area contributed by atoms with E-state index in [1.165, 1.54) is 24.8 Å². The van der Waals surface area contributed by atoms with Crippen LogP contribution >= 0.6 is 0 Å². The van der Waals surface area contributed by atoms with Crippen LogP contribution in [0.2, 0.25) is 0 Å². The molecule has 0 bridgehead atoms. The van der Waals surface area contributed by atoms with Crippen molar-refractivity contribution in [2.75, 3.05) is 32.8 Å². The molecule has 0 radical (unpaired) electrons. The number of nitrogens with zero attached hydrogens (tertiary/aromatic N) is 1. The first kappa shape index (κ1) is 14.4. The largest absolute Gasteiger partial charge is 0.381 e. The summed E-state index contributed by atoms with van der Waals surface area (Å²) in [5.74, 6) is 0.517. The van der Waals surface area contributed by atoms with Gasteiger partial charge in [0.15, 0.2) is 0 Å². The normalized spacial score (nSPS) is 22.7. The topological polar surface area (TPSA) is 41.6 Å². The zero-order chi connectivity index (χ0) is 13.5. The van der Waals surface area contributed by atoms with Gasteiger partial charge in [0.2, 0.25) is 0 Å². The summed E-state index contributed by atoms with van der Waals surface area (Å²) in [6.07, 6.45) is 8.12. The van der Waals surface area contributed by atoms with Crippen molar-refractivity contribution in [3.05, 3.63) is 11.6 Å². The molecule has 0 unspecified atom stereocenters. The molecule has 1 atom stereocenters. The van der Waals surface area contributed by atoms with Gasteiger partial charge >= 0.3 is 6.03 Å². The Bertz CT molecular complexity index is 328. The lowest BCUT2D eigenvalue weighted by molar-refractivity contribution is 0.113. The van der Waals surface area contributed by atoms with Crippen LogP contribution < -0.4 is 5.32 Å². The van der Waals surface area contributed by atoms with E-state index < -0.39 is 0 Å². The molecule has 1 saturated heterocycles. The second kappa shape index (κ2) is 7.53. The van der Waals surface area contributed by atoms with Crippen LogP contribution in [0.1, 0.15) is 39.0 Å². The number of nitrogens with one attached hydrogen (secondary N) is 1. The monoisotopic (exact) mass is 266 g/mol. The van der Waals surface area contributed by atoms with Crippen LogP contribution in [0, 0.1) is 5.92 Å². The summed E-state index contributed by atoms with van der Waals surface area (Å²) in [5.41, 5.74) is 1.51. The summed E-state index contributed by atoms with van der Waals surface area (Å²) in [4.78, 5) is 13.9. The zero-order valence-corrected chi connectivity index (χ0v) is 12.0. The van der Waals surface area contributed by atoms with Gasteiger partial charge in [-0.05, 0) is 39.0 Å². The van der Waals surface area contributed by atoms with Crippen molar-refractivity contribution < 1.29 is 9.53 Å². The summed E-state index contributed by atoms with van der Waals surface area (Å²) in [6, 6.07) is 0.0950. The lowest BCUT2D eigenvalue weighted by Crippen LogP contribution is -2.39. The zero-order valence-electron chi connectivity index (χ0n) is 12.0. The Morgan fingerprint density at radius 3 is 3.21 bits per heavy atom. The predicted octanol–water partition coefficient (Wildman–Crippen LogP) is 2.55. The maximum atomic E-state index is 12.0. The fourth-order valence-electron chi connectivity index (χ4n) is 2.84. The van der Waals surface area contributed by atoms with Crippen molar-refractivity contribution in [3.63, 3.8) is 0 Å². The van der Waals surface area contributed by atoms with Crippen LogP contribution in [0.4, 0.5) is 4.79 Å². The molecule has 0 saturated carbocycles. The number of amides is 2. The second-order valence-corrected chi connectivity index (χ2v) is 5.50. The molecule has 4 heteroatoms. The van der Waals surface area contributed by atoms with Gasteiger partial charge in [-0.1, -0.05) is 11.6 Å². The van der Waals surface area contributed by atoms with Gasteiger partial charge in [0, 0.05) is 32.2 Å². The molecular formula is C15H26N2O2. The minimum Gasteiger partial charge on any atom is -0.381 e. The van der Waals surface area contributed by atoms with E-state index in [1.54, 1.807) is 0 Å². The van der Waals surface area contributed by atoms with Crippen LogP contribution in [-0.2, 0) is 4.74 Å². The maximum absolute atomic E-state index is 12.0. The SMILES string of the molecule is CCOC[C@H]1CCN(C(=O)NCCC2=CCCC2)C1. The Labute approximate surface area is 116 Å². The van der Waals surface area contributed by atoms with E-state index in [0.717, 1.165) is 45.7 Å². The van der Waals surface area contributed by atoms with Gasteiger partial charge < -0.3 is 15.0 Å². The molecule has 1 fully saturated rings. The average Bonchev–Trinajstić information content (AvgIpc) is 3.07. The van der Waals surface area contributed by atoms with Gasteiger partial charge in [0.25, 0.3) is 0 Å². The molecule has 2 amide bonds. The van der Waals surface area contributed by atoms with Crippen molar-refractivity contribution in [2.24, 2.45) is 5.92 Å². The van der Waals surface area contributed by atoms with E-state index in [4.69, 9.17) is 4.74 Å². The van der Waals surface area contributed by atoms with Crippen LogP contribution in [0.3, 0.4) is 0 Å². The van der Waals surface area contributed by atoms with Crippen LogP contribution in [0.25, 0.3) is 0 Å². The van der Waals surface area contributed by atoms with E-state index in [1.807, 2.05) is 11.8 Å². The first-order valence-corrected chi connectivity index (χ1v) is 7.58. The van der Waals surface area contributed by atoms with Gasteiger partial charge in [0.1, 0.15) is 0 Å². The number of carbonyl (C=O) groups is 1. The van der Waals surface area contributed by atoms with Crippen molar-refractivity contribution in [2.45, 2.75) is 39.0 Å². The molecule has 0 aromatic rings. The van der Waals surface area contributed by atoms with E-state index in [-0.39, 0.29) is 6.03 Å².